The Balaban J connectivity index is 2.15. The Morgan fingerprint density at radius 3 is 3.00 bits per heavy atom. The molecule has 0 aliphatic heterocycles. The van der Waals surface area contributed by atoms with E-state index in [4.69, 9.17) is 5.73 Å². The molecular weight excluding hydrogens is 188 g/mol. The van der Waals surface area contributed by atoms with Gasteiger partial charge >= 0.3 is 0 Å². The van der Waals surface area contributed by atoms with Crippen molar-refractivity contribution in [2.75, 3.05) is 6.54 Å². The molecule has 3 heteroatoms. The van der Waals surface area contributed by atoms with Gasteiger partial charge in [-0.05, 0) is 38.5 Å². The smallest absolute Gasteiger partial charge is 0.236 e. The number of amides is 1. The van der Waals surface area contributed by atoms with Crippen LogP contribution < -0.4 is 11.1 Å². The van der Waals surface area contributed by atoms with Gasteiger partial charge in [0.2, 0.25) is 5.91 Å². The van der Waals surface area contributed by atoms with Gasteiger partial charge in [0.15, 0.2) is 0 Å². The van der Waals surface area contributed by atoms with Gasteiger partial charge in [0.05, 0.1) is 6.04 Å². The Morgan fingerprint density at radius 1 is 1.60 bits per heavy atom. The fourth-order valence-corrected chi connectivity index (χ4v) is 1.79. The monoisotopic (exact) mass is 210 g/mol. The molecule has 0 fully saturated rings. The van der Waals surface area contributed by atoms with Crippen LogP contribution in [0.25, 0.3) is 0 Å². The summed E-state index contributed by atoms with van der Waals surface area (Å²) in [7, 11) is 0. The summed E-state index contributed by atoms with van der Waals surface area (Å²) in [6, 6.07) is -0.342. The van der Waals surface area contributed by atoms with Gasteiger partial charge in [-0.2, -0.15) is 0 Å². The highest BCUT2D eigenvalue weighted by Crippen LogP contribution is 2.19. The van der Waals surface area contributed by atoms with Crippen LogP contribution >= 0.6 is 0 Å². The minimum absolute atomic E-state index is 0.0195. The molecule has 86 valence electrons. The Labute approximate surface area is 92.1 Å². The van der Waals surface area contributed by atoms with E-state index in [1.807, 2.05) is 6.92 Å². The molecular formula is C12H22N2O. The van der Waals surface area contributed by atoms with E-state index in [0.29, 0.717) is 6.42 Å². The van der Waals surface area contributed by atoms with Crippen molar-refractivity contribution in [3.05, 3.63) is 11.6 Å². The predicted molar refractivity (Wildman–Crippen MR) is 62.4 cm³/mol. The minimum atomic E-state index is -0.342. The SMILES string of the molecule is CCC(N)C(=O)NCCC1=CCCCC1. The molecule has 3 nitrogen and oxygen atoms in total. The quantitative estimate of drug-likeness (QED) is 0.679. The Kier molecular flexibility index (Phi) is 5.40. The van der Waals surface area contributed by atoms with Crippen molar-refractivity contribution in [2.24, 2.45) is 5.73 Å². The summed E-state index contributed by atoms with van der Waals surface area (Å²) >= 11 is 0. The minimum Gasteiger partial charge on any atom is -0.354 e. The second-order valence-corrected chi connectivity index (χ2v) is 4.16. The Hall–Kier alpha value is -0.830. The molecule has 0 aromatic rings. The van der Waals surface area contributed by atoms with Crippen molar-refractivity contribution in [3.8, 4) is 0 Å². The zero-order valence-corrected chi connectivity index (χ0v) is 9.59. The maximum atomic E-state index is 11.4. The number of carbonyl (C=O) groups is 1. The molecule has 0 bridgehead atoms. The van der Waals surface area contributed by atoms with Crippen molar-refractivity contribution < 1.29 is 4.79 Å². The lowest BCUT2D eigenvalue weighted by Gasteiger charge is -2.14. The van der Waals surface area contributed by atoms with Crippen LogP contribution in [-0.2, 0) is 4.79 Å². The average Bonchev–Trinajstić information content (AvgIpc) is 2.29. The van der Waals surface area contributed by atoms with E-state index in [0.717, 1.165) is 13.0 Å². The van der Waals surface area contributed by atoms with Crippen molar-refractivity contribution in [1.29, 1.82) is 0 Å². The van der Waals surface area contributed by atoms with E-state index in [-0.39, 0.29) is 11.9 Å². The van der Waals surface area contributed by atoms with Gasteiger partial charge in [0.25, 0.3) is 0 Å². The molecule has 0 aromatic heterocycles. The van der Waals surface area contributed by atoms with Crippen molar-refractivity contribution >= 4 is 5.91 Å². The molecule has 0 saturated heterocycles. The number of nitrogens with one attached hydrogen (secondary N) is 1. The third-order valence-electron chi connectivity index (χ3n) is 2.91. The van der Waals surface area contributed by atoms with Gasteiger partial charge < -0.3 is 11.1 Å². The van der Waals surface area contributed by atoms with E-state index in [2.05, 4.69) is 11.4 Å². The topological polar surface area (TPSA) is 55.1 Å². The summed E-state index contributed by atoms with van der Waals surface area (Å²) < 4.78 is 0. The first-order valence-electron chi connectivity index (χ1n) is 5.95. The van der Waals surface area contributed by atoms with Crippen LogP contribution in [-0.4, -0.2) is 18.5 Å². The van der Waals surface area contributed by atoms with Gasteiger partial charge in [0.1, 0.15) is 0 Å². The molecule has 0 saturated carbocycles. The third kappa shape index (κ3) is 4.47. The molecule has 1 rings (SSSR count). The van der Waals surface area contributed by atoms with Gasteiger partial charge in [-0.25, -0.2) is 0 Å². The largest absolute Gasteiger partial charge is 0.354 e. The number of carbonyl (C=O) groups excluding carboxylic acids is 1. The molecule has 1 aliphatic rings. The van der Waals surface area contributed by atoms with Gasteiger partial charge in [-0.15, -0.1) is 0 Å². The highest BCUT2D eigenvalue weighted by molar-refractivity contribution is 5.81. The average molecular weight is 210 g/mol. The van der Waals surface area contributed by atoms with Crippen LogP contribution in [0, 0.1) is 0 Å². The maximum absolute atomic E-state index is 11.4. The summed E-state index contributed by atoms with van der Waals surface area (Å²) in [5, 5.41) is 2.88. The molecule has 3 N–H and O–H groups in total. The van der Waals surface area contributed by atoms with Crippen molar-refractivity contribution in [2.45, 2.75) is 51.5 Å². The van der Waals surface area contributed by atoms with Crippen LogP contribution in [0.5, 0.6) is 0 Å². The maximum Gasteiger partial charge on any atom is 0.236 e. The van der Waals surface area contributed by atoms with Gasteiger partial charge in [-0.3, -0.25) is 4.79 Å². The van der Waals surface area contributed by atoms with Crippen LogP contribution in [0.15, 0.2) is 11.6 Å². The third-order valence-corrected chi connectivity index (χ3v) is 2.91. The van der Waals surface area contributed by atoms with Crippen LogP contribution in [0.3, 0.4) is 0 Å². The highest BCUT2D eigenvalue weighted by atomic mass is 16.2. The van der Waals surface area contributed by atoms with E-state index >= 15 is 0 Å². The second-order valence-electron chi connectivity index (χ2n) is 4.16. The molecule has 15 heavy (non-hydrogen) atoms. The predicted octanol–water partition coefficient (Wildman–Crippen LogP) is 1.73. The van der Waals surface area contributed by atoms with E-state index in [9.17, 15) is 4.79 Å². The molecule has 1 atom stereocenters. The van der Waals surface area contributed by atoms with Crippen LogP contribution in [0.2, 0.25) is 0 Å². The van der Waals surface area contributed by atoms with E-state index in [1.54, 1.807) is 0 Å². The molecule has 0 heterocycles. The standard InChI is InChI=1S/C12H22N2O/c1-2-11(13)12(15)14-9-8-10-6-4-3-5-7-10/h6,11H,2-5,7-9,13H2,1H3,(H,14,15). The number of nitrogens with two attached hydrogens (primary N) is 1. The normalized spacial score (nSPS) is 18.1. The summed E-state index contributed by atoms with van der Waals surface area (Å²) in [6.45, 7) is 2.66. The highest BCUT2D eigenvalue weighted by Gasteiger charge is 2.10. The zero-order chi connectivity index (χ0) is 11.1. The zero-order valence-electron chi connectivity index (χ0n) is 9.59. The summed E-state index contributed by atoms with van der Waals surface area (Å²) in [6.07, 6.45) is 9.03. The number of allylic oxidation sites excluding steroid dienone is 1. The Morgan fingerprint density at radius 2 is 2.40 bits per heavy atom. The number of hydrogen-bond acceptors (Lipinski definition) is 2. The molecule has 0 spiro atoms. The first kappa shape index (κ1) is 12.2. The summed E-state index contributed by atoms with van der Waals surface area (Å²) in [5.74, 6) is -0.0195. The molecule has 0 radical (unpaired) electrons. The van der Waals surface area contributed by atoms with Gasteiger partial charge in [-0.1, -0.05) is 18.6 Å². The number of hydrogen-bond donors (Lipinski definition) is 2. The fraction of sp³-hybridized carbons (Fsp3) is 0.750. The van der Waals surface area contributed by atoms with Crippen molar-refractivity contribution in [3.63, 3.8) is 0 Å². The summed E-state index contributed by atoms with van der Waals surface area (Å²) in [4.78, 5) is 11.4. The van der Waals surface area contributed by atoms with Crippen molar-refractivity contribution in [1.82, 2.24) is 5.32 Å². The molecule has 1 aliphatic carbocycles. The van der Waals surface area contributed by atoms with Crippen LogP contribution in [0.4, 0.5) is 0 Å². The lowest BCUT2D eigenvalue weighted by molar-refractivity contribution is -0.122. The van der Waals surface area contributed by atoms with E-state index in [1.165, 1.54) is 31.3 Å². The first-order valence-corrected chi connectivity index (χ1v) is 5.95. The van der Waals surface area contributed by atoms with Crippen LogP contribution in [0.1, 0.15) is 45.4 Å². The fourth-order valence-electron chi connectivity index (χ4n) is 1.79. The first-order chi connectivity index (χ1) is 7.24. The molecule has 0 aromatic carbocycles. The van der Waals surface area contributed by atoms with Gasteiger partial charge in [0, 0.05) is 6.54 Å². The lowest BCUT2D eigenvalue weighted by Crippen LogP contribution is -2.40. The van der Waals surface area contributed by atoms with E-state index < -0.39 is 0 Å². The number of rotatable bonds is 5. The summed E-state index contributed by atoms with van der Waals surface area (Å²) in [5.41, 5.74) is 7.10. The lowest BCUT2D eigenvalue weighted by atomic mass is 9.97. The molecule has 1 amide bonds. The molecule has 1 unspecified atom stereocenters. The Bertz CT molecular complexity index is 236. The second kappa shape index (κ2) is 6.62.